The molecule has 1 N–H and O–H groups in total. The van der Waals surface area contributed by atoms with E-state index in [1.807, 2.05) is 6.07 Å². The van der Waals surface area contributed by atoms with E-state index in [0.717, 1.165) is 18.4 Å². The summed E-state index contributed by atoms with van der Waals surface area (Å²) >= 11 is 5.93. The topological polar surface area (TPSA) is 96.5 Å². The molecule has 2 aromatic rings. The highest BCUT2D eigenvalue weighted by atomic mass is 35.5. The highest BCUT2D eigenvalue weighted by molar-refractivity contribution is 6.30. The van der Waals surface area contributed by atoms with Gasteiger partial charge in [-0.05, 0) is 43.0 Å². The van der Waals surface area contributed by atoms with Gasteiger partial charge in [-0.25, -0.2) is 0 Å². The monoisotopic (exact) mass is 330 g/mol. The summed E-state index contributed by atoms with van der Waals surface area (Å²) in [5.74, 6) is 0.309. The lowest BCUT2D eigenvalue weighted by molar-refractivity contribution is -0.123. The molecule has 0 saturated heterocycles. The zero-order valence-electron chi connectivity index (χ0n) is 12.5. The third-order valence-corrected chi connectivity index (χ3v) is 4.08. The lowest BCUT2D eigenvalue weighted by atomic mass is 9.98. The smallest absolute Gasteiger partial charge is 0.244 e. The number of aromatic nitrogens is 4. The second kappa shape index (κ2) is 5.97. The van der Waals surface area contributed by atoms with Crippen LogP contribution in [0.1, 0.15) is 19.8 Å². The Balaban J connectivity index is 1.67. The summed E-state index contributed by atoms with van der Waals surface area (Å²) in [6.07, 6.45) is 1.93. The standard InChI is InChI=1S/C15H15ClN6O/c1-15(9-17,11-5-6-11)18-13(23)8-22-20-14(19-21-22)10-3-2-4-12(16)7-10/h2-4,7,11H,5-6,8H2,1H3,(H,18,23)/t15-/m0/s1. The second-order valence-electron chi connectivity index (χ2n) is 5.79. The average Bonchev–Trinajstić information content (AvgIpc) is 3.28. The third-order valence-electron chi connectivity index (χ3n) is 3.85. The zero-order valence-corrected chi connectivity index (χ0v) is 13.3. The maximum atomic E-state index is 12.1. The van der Waals surface area contributed by atoms with Crippen molar-refractivity contribution < 1.29 is 4.79 Å². The van der Waals surface area contributed by atoms with Gasteiger partial charge in [0.1, 0.15) is 12.1 Å². The van der Waals surface area contributed by atoms with Crippen LogP contribution in [0, 0.1) is 17.2 Å². The SMILES string of the molecule is C[C@@](C#N)(NC(=O)Cn1nnc(-c2cccc(Cl)c2)n1)C1CC1. The van der Waals surface area contributed by atoms with E-state index in [1.54, 1.807) is 25.1 Å². The number of halogens is 1. The highest BCUT2D eigenvalue weighted by Crippen LogP contribution is 2.39. The molecule has 0 unspecified atom stereocenters. The third kappa shape index (κ3) is 3.48. The number of nitrogens with zero attached hydrogens (tertiary/aromatic N) is 5. The fraction of sp³-hybridized carbons (Fsp3) is 0.400. The van der Waals surface area contributed by atoms with Crippen molar-refractivity contribution in [2.75, 3.05) is 0 Å². The number of rotatable bonds is 5. The van der Waals surface area contributed by atoms with Crippen molar-refractivity contribution in [1.82, 2.24) is 25.5 Å². The van der Waals surface area contributed by atoms with Gasteiger partial charge in [-0.15, -0.1) is 10.2 Å². The molecule has 1 atom stereocenters. The minimum atomic E-state index is -0.826. The van der Waals surface area contributed by atoms with Gasteiger partial charge < -0.3 is 5.32 Å². The lowest BCUT2D eigenvalue weighted by Crippen LogP contribution is -2.48. The zero-order chi connectivity index (χ0) is 16.4. The molecule has 1 fully saturated rings. The molecule has 0 spiro atoms. The van der Waals surface area contributed by atoms with Crippen molar-refractivity contribution in [3.05, 3.63) is 29.3 Å². The molecule has 1 amide bonds. The van der Waals surface area contributed by atoms with Crippen LogP contribution in [0.5, 0.6) is 0 Å². The summed E-state index contributed by atoms with van der Waals surface area (Å²) in [6, 6.07) is 9.26. The second-order valence-corrected chi connectivity index (χ2v) is 6.23. The van der Waals surface area contributed by atoms with Gasteiger partial charge in [0.05, 0.1) is 6.07 Å². The molecule has 1 aliphatic rings. The van der Waals surface area contributed by atoms with Crippen molar-refractivity contribution >= 4 is 17.5 Å². The van der Waals surface area contributed by atoms with Crippen molar-refractivity contribution in [2.24, 2.45) is 5.92 Å². The Morgan fingerprint density at radius 1 is 1.57 bits per heavy atom. The van der Waals surface area contributed by atoms with Crippen LogP contribution >= 0.6 is 11.6 Å². The number of tetrazole rings is 1. The van der Waals surface area contributed by atoms with E-state index in [0.29, 0.717) is 10.8 Å². The van der Waals surface area contributed by atoms with Gasteiger partial charge >= 0.3 is 0 Å². The Morgan fingerprint density at radius 3 is 3.00 bits per heavy atom. The Bertz CT molecular complexity index is 778. The molecule has 118 valence electrons. The van der Waals surface area contributed by atoms with Gasteiger partial charge in [0.15, 0.2) is 0 Å². The number of amides is 1. The molecule has 7 nitrogen and oxygen atoms in total. The highest BCUT2D eigenvalue weighted by Gasteiger charge is 2.43. The largest absolute Gasteiger partial charge is 0.336 e. The number of carbonyl (C=O) groups is 1. The maximum Gasteiger partial charge on any atom is 0.244 e. The summed E-state index contributed by atoms with van der Waals surface area (Å²) in [5.41, 5.74) is -0.100. The van der Waals surface area contributed by atoms with Crippen LogP contribution in [0.2, 0.25) is 5.02 Å². The van der Waals surface area contributed by atoms with E-state index in [1.165, 1.54) is 4.80 Å². The number of hydrogen-bond acceptors (Lipinski definition) is 5. The minimum absolute atomic E-state index is 0.0858. The first kappa shape index (κ1) is 15.4. The minimum Gasteiger partial charge on any atom is -0.336 e. The molecule has 23 heavy (non-hydrogen) atoms. The molecule has 3 rings (SSSR count). The Hall–Kier alpha value is -2.46. The number of nitrogens with one attached hydrogen (secondary N) is 1. The van der Waals surface area contributed by atoms with E-state index in [9.17, 15) is 10.1 Å². The fourth-order valence-electron chi connectivity index (χ4n) is 2.39. The molecule has 1 saturated carbocycles. The average molecular weight is 331 g/mol. The van der Waals surface area contributed by atoms with E-state index < -0.39 is 5.54 Å². The van der Waals surface area contributed by atoms with Crippen molar-refractivity contribution in [1.29, 1.82) is 5.26 Å². The maximum absolute atomic E-state index is 12.1. The number of carbonyl (C=O) groups excluding carboxylic acids is 1. The van der Waals surface area contributed by atoms with Crippen molar-refractivity contribution in [3.8, 4) is 17.5 Å². The van der Waals surface area contributed by atoms with E-state index >= 15 is 0 Å². The molecular weight excluding hydrogens is 316 g/mol. The normalized spacial score (nSPS) is 16.4. The van der Waals surface area contributed by atoms with Crippen LogP contribution in [0.25, 0.3) is 11.4 Å². The van der Waals surface area contributed by atoms with Gasteiger partial charge in [0.2, 0.25) is 11.7 Å². The first-order valence-electron chi connectivity index (χ1n) is 7.26. The van der Waals surface area contributed by atoms with Gasteiger partial charge in [0, 0.05) is 10.6 Å². The first-order valence-corrected chi connectivity index (χ1v) is 7.64. The van der Waals surface area contributed by atoms with E-state index in [2.05, 4.69) is 26.8 Å². The quantitative estimate of drug-likeness (QED) is 0.901. The fourth-order valence-corrected chi connectivity index (χ4v) is 2.58. The van der Waals surface area contributed by atoms with E-state index in [4.69, 9.17) is 11.6 Å². The number of nitriles is 1. The molecular formula is C15H15ClN6O. The summed E-state index contributed by atoms with van der Waals surface area (Å²) in [4.78, 5) is 13.3. The van der Waals surface area contributed by atoms with Crippen LogP contribution < -0.4 is 5.32 Å². The predicted molar refractivity (Wildman–Crippen MR) is 83.1 cm³/mol. The van der Waals surface area contributed by atoms with Gasteiger partial charge in [-0.1, -0.05) is 23.7 Å². The molecule has 8 heteroatoms. The summed E-state index contributed by atoms with van der Waals surface area (Å²) < 4.78 is 0. The summed E-state index contributed by atoms with van der Waals surface area (Å²) in [6.45, 7) is 1.66. The first-order chi connectivity index (χ1) is 11.0. The molecule has 1 aromatic carbocycles. The van der Waals surface area contributed by atoms with E-state index in [-0.39, 0.29) is 18.4 Å². The number of hydrogen-bond donors (Lipinski definition) is 1. The molecule has 1 heterocycles. The van der Waals surface area contributed by atoms with Crippen LogP contribution in [0.4, 0.5) is 0 Å². The van der Waals surface area contributed by atoms with Crippen LogP contribution in [-0.2, 0) is 11.3 Å². The summed E-state index contributed by atoms with van der Waals surface area (Å²) in [5, 5.41) is 24.6. The Labute approximate surface area is 138 Å². The molecule has 0 bridgehead atoms. The van der Waals surface area contributed by atoms with Gasteiger partial charge in [-0.2, -0.15) is 10.1 Å². The van der Waals surface area contributed by atoms with Crippen LogP contribution in [0.3, 0.4) is 0 Å². The van der Waals surface area contributed by atoms with Crippen molar-refractivity contribution in [3.63, 3.8) is 0 Å². The van der Waals surface area contributed by atoms with Crippen LogP contribution in [0.15, 0.2) is 24.3 Å². The molecule has 0 aliphatic heterocycles. The Kier molecular flexibility index (Phi) is 4.01. The summed E-state index contributed by atoms with van der Waals surface area (Å²) in [7, 11) is 0. The Morgan fingerprint density at radius 2 is 2.35 bits per heavy atom. The lowest BCUT2D eigenvalue weighted by Gasteiger charge is -2.22. The number of benzene rings is 1. The predicted octanol–water partition coefficient (Wildman–Crippen LogP) is 1.80. The van der Waals surface area contributed by atoms with Gasteiger partial charge in [0.25, 0.3) is 0 Å². The molecule has 1 aliphatic carbocycles. The van der Waals surface area contributed by atoms with Crippen molar-refractivity contribution in [2.45, 2.75) is 31.8 Å². The molecule has 1 aromatic heterocycles. The van der Waals surface area contributed by atoms with Gasteiger partial charge in [-0.3, -0.25) is 4.79 Å². The molecule has 0 radical (unpaired) electrons. The van der Waals surface area contributed by atoms with Crippen LogP contribution in [-0.4, -0.2) is 31.7 Å².